The average molecular weight is 274 g/mol. The van der Waals surface area contributed by atoms with Gasteiger partial charge in [0.05, 0.1) is 0 Å². The minimum absolute atomic E-state index is 0.390. The minimum atomic E-state index is -3.30. The first kappa shape index (κ1) is 13.0. The van der Waals surface area contributed by atoms with E-state index in [2.05, 4.69) is 0 Å². The summed E-state index contributed by atoms with van der Waals surface area (Å²) in [5, 5.41) is 1.82. The fourth-order valence-corrected chi connectivity index (χ4v) is 4.61. The summed E-state index contributed by atoms with van der Waals surface area (Å²) in [5.41, 5.74) is 6.39. The number of hydrogen-bond acceptors (Lipinski definition) is 4. The first-order chi connectivity index (χ1) is 8.07. The molecule has 0 atom stereocenters. The van der Waals surface area contributed by atoms with Crippen molar-refractivity contribution in [1.29, 1.82) is 0 Å². The van der Waals surface area contributed by atoms with Gasteiger partial charge in [-0.1, -0.05) is 6.92 Å². The highest BCUT2D eigenvalue weighted by molar-refractivity contribution is 7.91. The van der Waals surface area contributed by atoms with E-state index in [0.29, 0.717) is 29.8 Å². The van der Waals surface area contributed by atoms with Gasteiger partial charge in [0.2, 0.25) is 0 Å². The number of sulfonamides is 1. The topological polar surface area (TPSA) is 63.4 Å². The molecule has 0 aliphatic heterocycles. The molecule has 1 aliphatic rings. The third kappa shape index (κ3) is 2.88. The Kier molecular flexibility index (Phi) is 3.87. The zero-order valence-electron chi connectivity index (χ0n) is 9.93. The van der Waals surface area contributed by atoms with E-state index in [4.69, 9.17) is 5.73 Å². The molecule has 4 nitrogen and oxygen atoms in total. The first-order valence-electron chi connectivity index (χ1n) is 5.85. The van der Waals surface area contributed by atoms with Crippen LogP contribution in [0.5, 0.6) is 0 Å². The van der Waals surface area contributed by atoms with Gasteiger partial charge in [-0.25, -0.2) is 8.42 Å². The third-order valence-electron chi connectivity index (χ3n) is 2.97. The standard InChI is InChI=1S/C11H18N2O2S2/c1-2-13(7-9-3-4-9)17(14,15)11-5-10(6-12)8-16-11/h5,8-9H,2-4,6-7,12H2,1H3. The Balaban J connectivity index is 2.19. The Hall–Kier alpha value is -0.430. The Morgan fingerprint density at radius 3 is 2.71 bits per heavy atom. The molecule has 0 radical (unpaired) electrons. The van der Waals surface area contributed by atoms with Crippen molar-refractivity contribution >= 4 is 21.4 Å². The monoisotopic (exact) mass is 274 g/mol. The quantitative estimate of drug-likeness (QED) is 0.857. The maximum Gasteiger partial charge on any atom is 0.252 e. The molecule has 1 fully saturated rings. The second-order valence-corrected chi connectivity index (χ2v) is 7.45. The fraction of sp³-hybridized carbons (Fsp3) is 0.636. The number of hydrogen-bond donors (Lipinski definition) is 1. The van der Waals surface area contributed by atoms with Gasteiger partial charge < -0.3 is 5.73 Å². The lowest BCUT2D eigenvalue weighted by Gasteiger charge is -2.19. The van der Waals surface area contributed by atoms with E-state index in [1.165, 1.54) is 11.3 Å². The van der Waals surface area contributed by atoms with Crippen LogP contribution in [0.3, 0.4) is 0 Å². The Morgan fingerprint density at radius 2 is 2.24 bits per heavy atom. The van der Waals surface area contributed by atoms with Gasteiger partial charge >= 0.3 is 0 Å². The molecule has 0 spiro atoms. The number of thiophene rings is 1. The Bertz CT molecular complexity index is 477. The highest BCUT2D eigenvalue weighted by atomic mass is 32.2. The maximum atomic E-state index is 12.4. The molecule has 96 valence electrons. The van der Waals surface area contributed by atoms with Gasteiger partial charge in [-0.2, -0.15) is 4.31 Å². The summed E-state index contributed by atoms with van der Waals surface area (Å²) in [5.74, 6) is 0.568. The van der Waals surface area contributed by atoms with Gasteiger partial charge in [0, 0.05) is 19.6 Å². The number of nitrogens with two attached hydrogens (primary N) is 1. The molecule has 1 saturated carbocycles. The van der Waals surface area contributed by atoms with Gasteiger partial charge in [-0.05, 0) is 35.8 Å². The van der Waals surface area contributed by atoms with Gasteiger partial charge in [0.15, 0.2) is 0 Å². The van der Waals surface area contributed by atoms with E-state index >= 15 is 0 Å². The van der Waals surface area contributed by atoms with E-state index in [0.717, 1.165) is 18.4 Å². The molecule has 0 unspecified atom stereocenters. The molecular formula is C11H18N2O2S2. The van der Waals surface area contributed by atoms with E-state index in [1.807, 2.05) is 12.3 Å². The van der Waals surface area contributed by atoms with Crippen molar-refractivity contribution in [3.63, 3.8) is 0 Å². The largest absolute Gasteiger partial charge is 0.326 e. The van der Waals surface area contributed by atoms with Crippen molar-refractivity contribution in [2.45, 2.75) is 30.5 Å². The van der Waals surface area contributed by atoms with Crippen LogP contribution in [0.2, 0.25) is 0 Å². The predicted octanol–water partition coefficient (Wildman–Crippen LogP) is 1.63. The van der Waals surface area contributed by atoms with Crippen LogP contribution in [0.25, 0.3) is 0 Å². The van der Waals surface area contributed by atoms with Crippen LogP contribution < -0.4 is 5.73 Å². The molecule has 2 rings (SSSR count). The average Bonchev–Trinajstić information content (AvgIpc) is 2.99. The lowest BCUT2D eigenvalue weighted by Crippen LogP contribution is -2.32. The smallest absolute Gasteiger partial charge is 0.252 e. The molecule has 0 bridgehead atoms. The van der Waals surface area contributed by atoms with Crippen molar-refractivity contribution in [3.8, 4) is 0 Å². The molecule has 6 heteroatoms. The normalized spacial score (nSPS) is 16.6. The highest BCUT2D eigenvalue weighted by Gasteiger charge is 2.31. The van der Waals surface area contributed by atoms with Crippen molar-refractivity contribution in [3.05, 3.63) is 17.0 Å². The van der Waals surface area contributed by atoms with Crippen molar-refractivity contribution in [1.82, 2.24) is 4.31 Å². The molecule has 1 aromatic rings. The summed E-state index contributed by atoms with van der Waals surface area (Å²) in [6.07, 6.45) is 2.31. The minimum Gasteiger partial charge on any atom is -0.326 e. The zero-order chi connectivity index (χ0) is 12.5. The fourth-order valence-electron chi connectivity index (χ4n) is 1.71. The van der Waals surface area contributed by atoms with Crippen molar-refractivity contribution in [2.75, 3.05) is 13.1 Å². The molecular weight excluding hydrogens is 256 g/mol. The van der Waals surface area contributed by atoms with Gasteiger partial charge in [0.1, 0.15) is 4.21 Å². The molecule has 0 amide bonds. The molecule has 2 N–H and O–H groups in total. The number of rotatable bonds is 6. The second kappa shape index (κ2) is 5.06. The SMILES string of the molecule is CCN(CC1CC1)S(=O)(=O)c1cc(CN)cs1. The van der Waals surface area contributed by atoms with Crippen LogP contribution in [-0.2, 0) is 16.6 Å². The second-order valence-electron chi connectivity index (χ2n) is 4.38. The zero-order valence-corrected chi connectivity index (χ0v) is 11.6. The summed E-state index contributed by atoms with van der Waals surface area (Å²) in [6.45, 7) is 3.47. The summed E-state index contributed by atoms with van der Waals surface area (Å²) in [7, 11) is -3.30. The molecule has 1 aromatic heterocycles. The molecule has 0 saturated heterocycles. The molecule has 0 aromatic carbocycles. The maximum absolute atomic E-state index is 12.4. The summed E-state index contributed by atoms with van der Waals surface area (Å²) >= 11 is 1.26. The lowest BCUT2D eigenvalue weighted by atomic mass is 10.4. The molecule has 17 heavy (non-hydrogen) atoms. The van der Waals surface area contributed by atoms with E-state index in [1.54, 1.807) is 10.4 Å². The van der Waals surface area contributed by atoms with E-state index < -0.39 is 10.0 Å². The first-order valence-corrected chi connectivity index (χ1v) is 8.17. The summed E-state index contributed by atoms with van der Waals surface area (Å²) in [4.78, 5) is 0. The lowest BCUT2D eigenvalue weighted by molar-refractivity contribution is 0.413. The predicted molar refractivity (Wildman–Crippen MR) is 69.4 cm³/mol. The van der Waals surface area contributed by atoms with Crippen LogP contribution in [0.4, 0.5) is 0 Å². The van der Waals surface area contributed by atoms with Gasteiger partial charge in [-0.3, -0.25) is 0 Å². The molecule has 1 aliphatic carbocycles. The van der Waals surface area contributed by atoms with Crippen LogP contribution in [0.15, 0.2) is 15.7 Å². The molecule has 1 heterocycles. The highest BCUT2D eigenvalue weighted by Crippen LogP contribution is 2.32. The summed E-state index contributed by atoms with van der Waals surface area (Å²) in [6, 6.07) is 1.69. The van der Waals surface area contributed by atoms with Gasteiger partial charge in [-0.15, -0.1) is 11.3 Å². The van der Waals surface area contributed by atoms with Crippen LogP contribution in [0.1, 0.15) is 25.3 Å². The Morgan fingerprint density at radius 1 is 1.53 bits per heavy atom. The Labute approximate surface area is 106 Å². The van der Waals surface area contributed by atoms with Crippen LogP contribution >= 0.6 is 11.3 Å². The van der Waals surface area contributed by atoms with E-state index in [9.17, 15) is 8.42 Å². The summed E-state index contributed by atoms with van der Waals surface area (Å²) < 4.78 is 26.7. The van der Waals surface area contributed by atoms with Crippen LogP contribution in [0, 0.1) is 5.92 Å². The van der Waals surface area contributed by atoms with Gasteiger partial charge in [0.25, 0.3) is 10.0 Å². The number of nitrogens with zero attached hydrogens (tertiary/aromatic N) is 1. The van der Waals surface area contributed by atoms with Crippen molar-refractivity contribution in [2.24, 2.45) is 11.7 Å². The van der Waals surface area contributed by atoms with E-state index in [-0.39, 0.29) is 0 Å². The third-order valence-corrected chi connectivity index (χ3v) is 6.38. The van der Waals surface area contributed by atoms with Crippen molar-refractivity contribution < 1.29 is 8.42 Å². The van der Waals surface area contributed by atoms with Crippen LogP contribution in [-0.4, -0.2) is 25.8 Å².